The molecule has 0 rings (SSSR count). The van der Waals surface area contributed by atoms with Crippen molar-refractivity contribution in [3.8, 4) is 0 Å². The molecule has 0 aliphatic heterocycles. The smallest absolute Gasteiger partial charge is 0.193 e. The largest absolute Gasteiger partial charge is 0.348 e. The Labute approximate surface area is 80.6 Å². The first-order valence-corrected chi connectivity index (χ1v) is 5.08. The first-order chi connectivity index (χ1) is 5.76. The van der Waals surface area contributed by atoms with Gasteiger partial charge in [0.1, 0.15) is 0 Å². The van der Waals surface area contributed by atoms with E-state index in [9.17, 15) is 0 Å². The number of rotatable bonds is 5. The van der Waals surface area contributed by atoms with Crippen LogP contribution in [0, 0.1) is 0 Å². The van der Waals surface area contributed by atoms with E-state index in [1.807, 2.05) is 0 Å². The van der Waals surface area contributed by atoms with E-state index >= 15 is 0 Å². The molecular formula is C9H19ClN2. The highest BCUT2D eigenvalue weighted by molar-refractivity contribution is 6.64. The summed E-state index contributed by atoms with van der Waals surface area (Å²) in [5, 5.41) is 0.668. The van der Waals surface area contributed by atoms with Gasteiger partial charge >= 0.3 is 0 Å². The third-order valence-electron chi connectivity index (χ3n) is 1.60. The molecule has 0 bridgehead atoms. The molecule has 12 heavy (non-hydrogen) atoms. The van der Waals surface area contributed by atoms with Gasteiger partial charge in [-0.25, -0.2) is 0 Å². The molecule has 0 N–H and O–H groups in total. The maximum Gasteiger partial charge on any atom is 0.193 e. The highest BCUT2D eigenvalue weighted by atomic mass is 35.5. The van der Waals surface area contributed by atoms with Crippen molar-refractivity contribution >= 4 is 16.9 Å². The molecule has 0 aromatic rings. The van der Waals surface area contributed by atoms with Crippen LogP contribution in [0.2, 0.25) is 0 Å². The fraction of sp³-hybridized carbons (Fsp3) is 0.889. The molecule has 0 aromatic carbocycles. The Hall–Kier alpha value is -0.240. The normalized spacial score (nSPS) is 11.8. The van der Waals surface area contributed by atoms with Crippen LogP contribution in [-0.4, -0.2) is 29.8 Å². The topological polar surface area (TPSA) is 15.6 Å². The Balaban J connectivity index is 3.91. The monoisotopic (exact) mass is 190 g/mol. The Morgan fingerprint density at radius 3 is 2.33 bits per heavy atom. The number of nitrogens with zero attached hydrogens (tertiary/aromatic N) is 2. The van der Waals surface area contributed by atoms with Gasteiger partial charge in [0.15, 0.2) is 5.29 Å². The number of hydrogen-bond donors (Lipinski definition) is 0. The van der Waals surface area contributed by atoms with Crippen LogP contribution in [0.3, 0.4) is 0 Å². The Morgan fingerprint density at radius 1 is 1.25 bits per heavy atom. The van der Waals surface area contributed by atoms with Gasteiger partial charge in [-0.15, -0.1) is 0 Å². The van der Waals surface area contributed by atoms with Gasteiger partial charge in [-0.2, -0.15) is 0 Å². The number of hydrogen-bond acceptors (Lipinski definition) is 1. The molecule has 0 unspecified atom stereocenters. The second-order valence-electron chi connectivity index (χ2n) is 2.73. The SMILES string of the molecule is CCCN=C(Cl)N(CC)CCC. The van der Waals surface area contributed by atoms with Gasteiger partial charge in [0, 0.05) is 19.6 Å². The fourth-order valence-electron chi connectivity index (χ4n) is 0.955. The summed E-state index contributed by atoms with van der Waals surface area (Å²) >= 11 is 5.98. The van der Waals surface area contributed by atoms with E-state index in [1.54, 1.807) is 0 Å². The highest BCUT2D eigenvalue weighted by Gasteiger charge is 2.03. The maximum absolute atomic E-state index is 5.98. The number of amidine groups is 1. The predicted octanol–water partition coefficient (Wildman–Crippen LogP) is 2.72. The van der Waals surface area contributed by atoms with Gasteiger partial charge in [-0.1, -0.05) is 13.8 Å². The average Bonchev–Trinajstić information content (AvgIpc) is 2.10. The minimum absolute atomic E-state index is 0.668. The molecule has 0 heterocycles. The van der Waals surface area contributed by atoms with E-state index in [0.717, 1.165) is 32.5 Å². The van der Waals surface area contributed by atoms with Gasteiger partial charge in [-0.05, 0) is 31.4 Å². The average molecular weight is 191 g/mol. The second kappa shape index (κ2) is 7.41. The summed E-state index contributed by atoms with van der Waals surface area (Å²) in [6.45, 7) is 9.12. The summed E-state index contributed by atoms with van der Waals surface area (Å²) in [7, 11) is 0. The lowest BCUT2D eigenvalue weighted by Gasteiger charge is -2.19. The molecule has 0 radical (unpaired) electrons. The van der Waals surface area contributed by atoms with Crippen molar-refractivity contribution in [1.82, 2.24) is 4.90 Å². The van der Waals surface area contributed by atoms with Gasteiger partial charge in [0.2, 0.25) is 0 Å². The van der Waals surface area contributed by atoms with Gasteiger partial charge in [0.25, 0.3) is 0 Å². The standard InChI is InChI=1S/C9H19ClN2/c1-4-7-11-9(10)12(6-3)8-5-2/h4-8H2,1-3H3. The van der Waals surface area contributed by atoms with E-state index in [0.29, 0.717) is 5.29 Å². The molecule has 2 nitrogen and oxygen atoms in total. The molecule has 0 amide bonds. The van der Waals surface area contributed by atoms with E-state index in [2.05, 4.69) is 30.7 Å². The van der Waals surface area contributed by atoms with E-state index in [-0.39, 0.29) is 0 Å². The first kappa shape index (κ1) is 11.8. The third-order valence-corrected chi connectivity index (χ3v) is 1.96. The van der Waals surface area contributed by atoms with Crippen LogP contribution in [-0.2, 0) is 0 Å². The molecule has 3 heteroatoms. The third kappa shape index (κ3) is 4.60. The van der Waals surface area contributed by atoms with Gasteiger partial charge in [-0.3, -0.25) is 4.99 Å². The van der Waals surface area contributed by atoms with Crippen molar-refractivity contribution < 1.29 is 0 Å². The minimum atomic E-state index is 0.668. The van der Waals surface area contributed by atoms with Crippen molar-refractivity contribution in [3.63, 3.8) is 0 Å². The maximum atomic E-state index is 5.98. The van der Waals surface area contributed by atoms with Crippen molar-refractivity contribution in [2.45, 2.75) is 33.6 Å². The van der Waals surface area contributed by atoms with E-state index in [4.69, 9.17) is 11.6 Å². The predicted molar refractivity (Wildman–Crippen MR) is 56.0 cm³/mol. The van der Waals surface area contributed by atoms with Gasteiger partial charge < -0.3 is 4.90 Å². The Bertz CT molecular complexity index is 134. The zero-order valence-corrected chi connectivity index (χ0v) is 9.06. The highest BCUT2D eigenvalue weighted by Crippen LogP contribution is 1.99. The molecule has 72 valence electrons. The summed E-state index contributed by atoms with van der Waals surface area (Å²) in [4.78, 5) is 6.33. The van der Waals surface area contributed by atoms with Crippen molar-refractivity contribution in [1.29, 1.82) is 0 Å². The number of halogens is 1. The minimum Gasteiger partial charge on any atom is -0.348 e. The van der Waals surface area contributed by atoms with Gasteiger partial charge in [0.05, 0.1) is 0 Å². The lowest BCUT2D eigenvalue weighted by molar-refractivity contribution is 0.445. The van der Waals surface area contributed by atoms with Crippen LogP contribution in [0.4, 0.5) is 0 Å². The summed E-state index contributed by atoms with van der Waals surface area (Å²) in [5.74, 6) is 0. The molecule has 0 saturated carbocycles. The summed E-state index contributed by atoms with van der Waals surface area (Å²) in [5.41, 5.74) is 0. The number of aliphatic imine (C=N–C) groups is 1. The van der Waals surface area contributed by atoms with Crippen molar-refractivity contribution in [2.24, 2.45) is 4.99 Å². The zero-order valence-electron chi connectivity index (χ0n) is 8.31. The fourth-order valence-corrected chi connectivity index (χ4v) is 1.24. The molecule has 0 saturated heterocycles. The molecule has 0 spiro atoms. The molecule has 0 aliphatic rings. The van der Waals surface area contributed by atoms with Crippen LogP contribution < -0.4 is 0 Å². The van der Waals surface area contributed by atoms with Crippen molar-refractivity contribution in [2.75, 3.05) is 19.6 Å². The van der Waals surface area contributed by atoms with Crippen LogP contribution in [0.1, 0.15) is 33.6 Å². The summed E-state index contributed by atoms with van der Waals surface area (Å²) in [6.07, 6.45) is 2.17. The zero-order chi connectivity index (χ0) is 9.40. The summed E-state index contributed by atoms with van der Waals surface area (Å²) < 4.78 is 0. The van der Waals surface area contributed by atoms with E-state index < -0.39 is 0 Å². The van der Waals surface area contributed by atoms with Crippen LogP contribution in [0.5, 0.6) is 0 Å². The Morgan fingerprint density at radius 2 is 1.92 bits per heavy atom. The van der Waals surface area contributed by atoms with Crippen LogP contribution >= 0.6 is 11.6 Å². The Kier molecular flexibility index (Phi) is 7.26. The summed E-state index contributed by atoms with van der Waals surface area (Å²) in [6, 6.07) is 0. The lowest BCUT2D eigenvalue weighted by atomic mass is 10.4. The lowest BCUT2D eigenvalue weighted by Crippen LogP contribution is -2.28. The molecule has 0 aliphatic carbocycles. The van der Waals surface area contributed by atoms with Crippen LogP contribution in [0.25, 0.3) is 0 Å². The molecule has 0 fully saturated rings. The molecule has 0 aromatic heterocycles. The van der Waals surface area contributed by atoms with Crippen molar-refractivity contribution in [3.05, 3.63) is 0 Å². The van der Waals surface area contributed by atoms with E-state index in [1.165, 1.54) is 0 Å². The quantitative estimate of drug-likeness (QED) is 0.370. The first-order valence-electron chi connectivity index (χ1n) is 4.71. The molecular weight excluding hydrogens is 172 g/mol. The van der Waals surface area contributed by atoms with Crippen LogP contribution in [0.15, 0.2) is 4.99 Å². The molecule has 0 atom stereocenters. The second-order valence-corrected chi connectivity index (χ2v) is 3.07.